The number of carbonyl (C=O) groups excluding carboxylic acids is 1. The van der Waals surface area contributed by atoms with Gasteiger partial charge in [-0.3, -0.25) is 9.78 Å². The number of nitrogens with one attached hydrogen (secondary N) is 1. The van der Waals surface area contributed by atoms with Crippen LogP contribution in [0, 0.1) is 5.82 Å². The Kier molecular flexibility index (Phi) is 5.05. The smallest absolute Gasteiger partial charge is 0.268 e. The Hall–Kier alpha value is -2.51. The SMILES string of the molecule is O=C(NCc1ccccn1)c1cc2sc(Br)cc2n1Cc1ccc(F)cc1. The van der Waals surface area contributed by atoms with Crippen molar-refractivity contribution in [2.24, 2.45) is 0 Å². The molecule has 4 aromatic rings. The summed E-state index contributed by atoms with van der Waals surface area (Å²) in [5.74, 6) is -0.440. The van der Waals surface area contributed by atoms with Gasteiger partial charge in [0, 0.05) is 12.7 Å². The van der Waals surface area contributed by atoms with Crippen molar-refractivity contribution in [2.45, 2.75) is 13.1 Å². The fourth-order valence-electron chi connectivity index (χ4n) is 2.91. The summed E-state index contributed by atoms with van der Waals surface area (Å²) in [4.78, 5) is 17.0. The molecule has 0 saturated carbocycles. The third-order valence-corrected chi connectivity index (χ3v) is 5.78. The number of amides is 1. The van der Waals surface area contributed by atoms with E-state index in [1.807, 2.05) is 34.9 Å². The molecule has 0 atom stereocenters. The second-order valence-corrected chi connectivity index (χ2v) is 8.51. The zero-order chi connectivity index (χ0) is 18.8. The molecule has 4 nitrogen and oxygen atoms in total. The fourth-order valence-corrected chi connectivity index (χ4v) is 4.47. The fraction of sp³-hybridized carbons (Fsp3) is 0.100. The van der Waals surface area contributed by atoms with E-state index in [4.69, 9.17) is 0 Å². The molecule has 3 heterocycles. The molecule has 4 rings (SSSR count). The molecule has 0 aliphatic carbocycles. The molecule has 27 heavy (non-hydrogen) atoms. The summed E-state index contributed by atoms with van der Waals surface area (Å²) in [7, 11) is 0. The highest BCUT2D eigenvalue weighted by molar-refractivity contribution is 9.11. The Bertz CT molecular complexity index is 1090. The lowest BCUT2D eigenvalue weighted by molar-refractivity contribution is 0.0942. The van der Waals surface area contributed by atoms with E-state index in [-0.39, 0.29) is 11.7 Å². The monoisotopic (exact) mass is 443 g/mol. The number of hydrogen-bond donors (Lipinski definition) is 1. The van der Waals surface area contributed by atoms with Gasteiger partial charge in [-0.15, -0.1) is 11.3 Å². The summed E-state index contributed by atoms with van der Waals surface area (Å²) in [6, 6.07) is 15.8. The average Bonchev–Trinajstić information content (AvgIpc) is 3.19. The van der Waals surface area contributed by atoms with Crippen LogP contribution in [0.3, 0.4) is 0 Å². The highest BCUT2D eigenvalue weighted by Crippen LogP contribution is 2.33. The molecule has 0 saturated heterocycles. The largest absolute Gasteiger partial charge is 0.345 e. The summed E-state index contributed by atoms with van der Waals surface area (Å²) < 4.78 is 17.2. The van der Waals surface area contributed by atoms with Gasteiger partial charge in [0.1, 0.15) is 11.5 Å². The van der Waals surface area contributed by atoms with Gasteiger partial charge in [-0.1, -0.05) is 18.2 Å². The van der Waals surface area contributed by atoms with Gasteiger partial charge >= 0.3 is 0 Å². The normalized spacial score (nSPS) is 11.0. The molecule has 1 amide bonds. The van der Waals surface area contributed by atoms with Crippen molar-refractivity contribution in [3.8, 4) is 0 Å². The van der Waals surface area contributed by atoms with Crippen LogP contribution in [-0.2, 0) is 13.1 Å². The lowest BCUT2D eigenvalue weighted by Gasteiger charge is -2.11. The molecule has 0 radical (unpaired) electrons. The summed E-state index contributed by atoms with van der Waals surface area (Å²) in [5, 5.41) is 2.93. The van der Waals surface area contributed by atoms with Crippen LogP contribution < -0.4 is 5.32 Å². The molecule has 0 spiro atoms. The highest BCUT2D eigenvalue weighted by Gasteiger charge is 2.18. The van der Waals surface area contributed by atoms with Crippen LogP contribution in [0.4, 0.5) is 4.39 Å². The van der Waals surface area contributed by atoms with Gasteiger partial charge in [0.2, 0.25) is 0 Å². The van der Waals surface area contributed by atoms with Gasteiger partial charge in [-0.25, -0.2) is 4.39 Å². The van der Waals surface area contributed by atoms with Crippen LogP contribution in [0.1, 0.15) is 21.7 Å². The maximum absolute atomic E-state index is 13.2. The standard InChI is InChI=1S/C20H15BrFN3OS/c21-19-10-16-18(27-19)9-17(20(26)24-11-15-3-1-2-8-23-15)25(16)12-13-4-6-14(22)7-5-13/h1-10H,11-12H2,(H,24,26). The van der Waals surface area contributed by atoms with Crippen LogP contribution in [0.2, 0.25) is 0 Å². The number of nitrogens with zero attached hydrogens (tertiary/aromatic N) is 2. The predicted octanol–water partition coefficient (Wildman–Crippen LogP) is 4.98. The van der Waals surface area contributed by atoms with E-state index in [1.165, 1.54) is 12.1 Å². The Labute approximate surface area is 167 Å². The lowest BCUT2D eigenvalue weighted by Crippen LogP contribution is -2.26. The molecule has 1 N–H and O–H groups in total. The molecular weight excluding hydrogens is 429 g/mol. The minimum absolute atomic E-state index is 0.165. The predicted molar refractivity (Wildman–Crippen MR) is 108 cm³/mol. The third-order valence-electron chi connectivity index (χ3n) is 4.20. The van der Waals surface area contributed by atoms with E-state index < -0.39 is 0 Å². The minimum atomic E-state index is -0.275. The van der Waals surface area contributed by atoms with Crippen molar-refractivity contribution < 1.29 is 9.18 Å². The molecule has 0 bridgehead atoms. The van der Waals surface area contributed by atoms with Crippen LogP contribution in [0.15, 0.2) is 64.6 Å². The maximum Gasteiger partial charge on any atom is 0.268 e. The van der Waals surface area contributed by atoms with Gasteiger partial charge in [-0.05, 0) is 57.9 Å². The van der Waals surface area contributed by atoms with Gasteiger partial charge in [0.15, 0.2) is 0 Å². The Morgan fingerprint density at radius 3 is 2.74 bits per heavy atom. The Morgan fingerprint density at radius 1 is 1.19 bits per heavy atom. The van der Waals surface area contributed by atoms with Crippen molar-refractivity contribution >= 4 is 43.4 Å². The second kappa shape index (κ2) is 7.62. The molecule has 0 aliphatic rings. The highest BCUT2D eigenvalue weighted by atomic mass is 79.9. The zero-order valence-electron chi connectivity index (χ0n) is 14.2. The molecule has 0 aliphatic heterocycles. The van der Waals surface area contributed by atoms with Crippen LogP contribution >= 0.6 is 27.3 Å². The zero-order valence-corrected chi connectivity index (χ0v) is 16.6. The molecule has 136 valence electrons. The quantitative estimate of drug-likeness (QED) is 0.472. The number of fused-ring (bicyclic) bond motifs is 1. The van der Waals surface area contributed by atoms with Gasteiger partial charge in [0.05, 0.1) is 26.2 Å². The number of thiophene rings is 1. The first-order valence-electron chi connectivity index (χ1n) is 8.31. The van der Waals surface area contributed by atoms with Crippen LogP contribution in [0.5, 0.6) is 0 Å². The summed E-state index contributed by atoms with van der Waals surface area (Å²) in [6.45, 7) is 0.845. The summed E-state index contributed by atoms with van der Waals surface area (Å²) >= 11 is 5.08. The van der Waals surface area contributed by atoms with Crippen molar-refractivity contribution in [1.29, 1.82) is 0 Å². The van der Waals surface area contributed by atoms with Crippen molar-refractivity contribution in [1.82, 2.24) is 14.9 Å². The van der Waals surface area contributed by atoms with Crippen LogP contribution in [0.25, 0.3) is 10.2 Å². The van der Waals surface area contributed by atoms with Crippen molar-refractivity contribution in [3.63, 3.8) is 0 Å². The molecule has 3 aromatic heterocycles. The van der Waals surface area contributed by atoms with E-state index in [1.54, 1.807) is 29.7 Å². The summed E-state index contributed by atoms with van der Waals surface area (Å²) in [5.41, 5.74) is 3.27. The summed E-state index contributed by atoms with van der Waals surface area (Å²) in [6.07, 6.45) is 1.70. The number of benzene rings is 1. The second-order valence-electron chi connectivity index (χ2n) is 6.05. The first kappa shape index (κ1) is 17.9. The number of aromatic nitrogens is 2. The molecule has 7 heteroatoms. The minimum Gasteiger partial charge on any atom is -0.345 e. The molecular formula is C20H15BrFN3OS. The average molecular weight is 444 g/mol. The Balaban J connectivity index is 1.64. The van der Waals surface area contributed by atoms with E-state index in [9.17, 15) is 9.18 Å². The number of halogens is 2. The first-order chi connectivity index (χ1) is 13.1. The molecule has 1 aromatic carbocycles. The maximum atomic E-state index is 13.2. The van der Waals surface area contributed by atoms with Gasteiger partial charge in [0.25, 0.3) is 5.91 Å². The Morgan fingerprint density at radius 2 is 2.00 bits per heavy atom. The molecule has 0 fully saturated rings. The van der Waals surface area contributed by atoms with Crippen LogP contribution in [-0.4, -0.2) is 15.5 Å². The first-order valence-corrected chi connectivity index (χ1v) is 9.92. The number of rotatable bonds is 5. The van der Waals surface area contributed by atoms with Crippen molar-refractivity contribution in [2.75, 3.05) is 0 Å². The van der Waals surface area contributed by atoms with Gasteiger partial charge < -0.3 is 9.88 Å². The lowest BCUT2D eigenvalue weighted by atomic mass is 10.2. The van der Waals surface area contributed by atoms with E-state index >= 15 is 0 Å². The topological polar surface area (TPSA) is 46.9 Å². The number of hydrogen-bond acceptors (Lipinski definition) is 3. The van der Waals surface area contributed by atoms with E-state index in [2.05, 4.69) is 26.2 Å². The van der Waals surface area contributed by atoms with Crippen molar-refractivity contribution in [3.05, 3.63) is 87.3 Å². The van der Waals surface area contributed by atoms with E-state index in [0.29, 0.717) is 18.8 Å². The van der Waals surface area contributed by atoms with Gasteiger partial charge in [-0.2, -0.15) is 0 Å². The number of carbonyl (C=O) groups is 1. The third kappa shape index (κ3) is 3.94. The van der Waals surface area contributed by atoms with E-state index in [0.717, 1.165) is 25.3 Å². The molecule has 0 unspecified atom stereocenters. The number of pyridine rings is 1.